The first-order valence-corrected chi connectivity index (χ1v) is 7.41. The minimum absolute atomic E-state index is 0.245. The Kier molecular flexibility index (Phi) is 4.18. The van der Waals surface area contributed by atoms with Crippen LogP contribution in [0, 0.1) is 0 Å². The summed E-state index contributed by atoms with van der Waals surface area (Å²) in [5.41, 5.74) is 1.98. The molecule has 3 aromatic rings. The summed E-state index contributed by atoms with van der Waals surface area (Å²) in [5, 5.41) is 7.88. The fraction of sp³-hybridized carbons (Fsp3) is 0.250. The summed E-state index contributed by atoms with van der Waals surface area (Å²) < 4.78 is 1.66. The van der Waals surface area contributed by atoms with Gasteiger partial charge in [0.1, 0.15) is 6.33 Å². The lowest BCUT2D eigenvalue weighted by Crippen LogP contribution is -2.31. The first kappa shape index (κ1) is 15.0. The molecule has 0 fully saturated rings. The van der Waals surface area contributed by atoms with Gasteiger partial charge in [-0.3, -0.25) is 15.0 Å². The lowest BCUT2D eigenvalue weighted by molar-refractivity contribution is 0.220. The molecular weight excluding hydrogens is 292 g/mol. The van der Waals surface area contributed by atoms with Gasteiger partial charge in [0.15, 0.2) is 0 Å². The number of pyridine rings is 1. The average Bonchev–Trinajstić information content (AvgIpc) is 3.02. The van der Waals surface area contributed by atoms with Gasteiger partial charge in [-0.25, -0.2) is 9.78 Å². The van der Waals surface area contributed by atoms with Crippen LogP contribution in [0.3, 0.4) is 0 Å². The van der Waals surface area contributed by atoms with E-state index in [4.69, 9.17) is 0 Å². The van der Waals surface area contributed by atoms with E-state index in [1.165, 1.54) is 0 Å². The molecule has 7 heteroatoms. The number of carbonyl (C=O) groups excluding carboxylic acids is 1. The van der Waals surface area contributed by atoms with Gasteiger partial charge in [-0.2, -0.15) is 0 Å². The number of nitrogens with one attached hydrogen (secondary N) is 1. The molecule has 23 heavy (non-hydrogen) atoms. The molecule has 1 aromatic carbocycles. The normalized spacial score (nSPS) is 10.7. The van der Waals surface area contributed by atoms with Crippen LogP contribution in [0.4, 0.5) is 10.7 Å². The molecule has 1 N–H and O–H groups in total. The molecule has 0 aliphatic rings. The predicted molar refractivity (Wildman–Crippen MR) is 87.9 cm³/mol. The molecular formula is C16H18N6O. The number of rotatable bonds is 4. The van der Waals surface area contributed by atoms with Gasteiger partial charge >= 0.3 is 6.03 Å². The van der Waals surface area contributed by atoms with Gasteiger partial charge < -0.3 is 4.90 Å². The van der Waals surface area contributed by atoms with E-state index >= 15 is 0 Å². The highest BCUT2D eigenvalue weighted by molar-refractivity contribution is 5.87. The molecule has 0 aliphatic carbocycles. The molecule has 0 saturated heterocycles. The summed E-state index contributed by atoms with van der Waals surface area (Å²) in [7, 11) is 1.74. The van der Waals surface area contributed by atoms with Gasteiger partial charge in [-0.15, -0.1) is 5.10 Å². The maximum Gasteiger partial charge on any atom is 0.324 e. The summed E-state index contributed by atoms with van der Waals surface area (Å²) >= 11 is 0. The second-order valence-electron chi connectivity index (χ2n) is 5.24. The molecule has 0 aliphatic heterocycles. The highest BCUT2D eigenvalue weighted by Gasteiger charge is 2.12. The van der Waals surface area contributed by atoms with E-state index in [1.807, 2.05) is 37.3 Å². The zero-order chi connectivity index (χ0) is 16.2. The quantitative estimate of drug-likeness (QED) is 0.803. The zero-order valence-corrected chi connectivity index (χ0v) is 13.1. The van der Waals surface area contributed by atoms with Crippen molar-refractivity contribution in [3.63, 3.8) is 0 Å². The Hall–Kier alpha value is -2.96. The van der Waals surface area contributed by atoms with Crippen molar-refractivity contribution in [2.45, 2.75) is 20.0 Å². The number of benzene rings is 1. The summed E-state index contributed by atoms with van der Waals surface area (Å²) in [6.45, 7) is 3.16. The number of nitrogens with zero attached hydrogens (tertiary/aromatic N) is 5. The standard InChI is InChI=1S/C16H18N6O/c1-3-22-11-18-15(20-22)19-16(23)21(2)10-12-6-7-14-13(9-12)5-4-8-17-14/h4-9,11H,3,10H2,1-2H3,(H,19,20,23). The molecule has 2 aromatic heterocycles. The Bertz CT molecular complexity index is 828. The van der Waals surface area contributed by atoms with Crippen LogP contribution in [0.5, 0.6) is 0 Å². The summed E-state index contributed by atoms with van der Waals surface area (Å²) in [4.78, 5) is 22.1. The molecule has 0 unspecified atom stereocenters. The van der Waals surface area contributed by atoms with Gasteiger partial charge in [-0.05, 0) is 30.7 Å². The topological polar surface area (TPSA) is 75.9 Å². The molecule has 0 spiro atoms. The summed E-state index contributed by atoms with van der Waals surface area (Å²) in [5.74, 6) is 0.311. The van der Waals surface area contributed by atoms with Gasteiger partial charge in [0.2, 0.25) is 5.95 Å². The molecule has 0 saturated carbocycles. The summed E-state index contributed by atoms with van der Waals surface area (Å²) in [6.07, 6.45) is 3.36. The largest absolute Gasteiger partial charge is 0.324 e. The van der Waals surface area contributed by atoms with E-state index in [1.54, 1.807) is 29.2 Å². The number of hydrogen-bond donors (Lipinski definition) is 1. The number of aryl methyl sites for hydroxylation is 1. The first-order chi connectivity index (χ1) is 11.2. The second kappa shape index (κ2) is 6.43. The predicted octanol–water partition coefficient (Wildman–Crippen LogP) is 2.51. The van der Waals surface area contributed by atoms with E-state index in [0.717, 1.165) is 16.5 Å². The first-order valence-electron chi connectivity index (χ1n) is 7.41. The van der Waals surface area contributed by atoms with Crippen LogP contribution in [0.25, 0.3) is 10.9 Å². The lowest BCUT2D eigenvalue weighted by Gasteiger charge is -2.17. The SMILES string of the molecule is CCn1cnc(NC(=O)N(C)Cc2ccc3ncccc3c2)n1. The maximum atomic E-state index is 12.2. The number of anilines is 1. The van der Waals surface area contributed by atoms with Crippen LogP contribution >= 0.6 is 0 Å². The zero-order valence-electron chi connectivity index (χ0n) is 13.1. The lowest BCUT2D eigenvalue weighted by atomic mass is 10.1. The van der Waals surface area contributed by atoms with Crippen LogP contribution in [-0.4, -0.2) is 37.7 Å². The molecule has 2 amide bonds. The minimum atomic E-state index is -0.245. The second-order valence-corrected chi connectivity index (χ2v) is 5.24. The van der Waals surface area contributed by atoms with Crippen molar-refractivity contribution < 1.29 is 4.79 Å². The van der Waals surface area contributed by atoms with E-state index in [0.29, 0.717) is 19.0 Å². The van der Waals surface area contributed by atoms with Gasteiger partial charge in [0.05, 0.1) is 5.52 Å². The monoisotopic (exact) mass is 310 g/mol. The Labute approximate surface area is 134 Å². The van der Waals surface area contributed by atoms with Crippen molar-refractivity contribution in [3.8, 4) is 0 Å². The van der Waals surface area contributed by atoms with Crippen LogP contribution < -0.4 is 5.32 Å². The molecule has 0 bridgehead atoms. The third-order valence-corrected chi connectivity index (χ3v) is 3.51. The minimum Gasteiger partial charge on any atom is -0.323 e. The highest BCUT2D eigenvalue weighted by atomic mass is 16.2. The van der Waals surface area contributed by atoms with Gasteiger partial charge in [0, 0.05) is 31.7 Å². The van der Waals surface area contributed by atoms with Crippen molar-refractivity contribution in [1.29, 1.82) is 0 Å². The molecule has 118 valence electrons. The number of fused-ring (bicyclic) bond motifs is 1. The number of aromatic nitrogens is 4. The Morgan fingerprint density at radius 2 is 2.17 bits per heavy atom. The van der Waals surface area contributed by atoms with Gasteiger partial charge in [0.25, 0.3) is 0 Å². The maximum absolute atomic E-state index is 12.2. The molecule has 3 rings (SSSR count). The van der Waals surface area contributed by atoms with Crippen molar-refractivity contribution in [3.05, 3.63) is 48.4 Å². The van der Waals surface area contributed by atoms with Crippen molar-refractivity contribution in [2.24, 2.45) is 0 Å². The summed E-state index contributed by atoms with van der Waals surface area (Å²) in [6, 6.07) is 9.64. The fourth-order valence-corrected chi connectivity index (χ4v) is 2.26. The van der Waals surface area contributed by atoms with E-state index in [-0.39, 0.29) is 6.03 Å². The van der Waals surface area contributed by atoms with E-state index in [9.17, 15) is 4.79 Å². The van der Waals surface area contributed by atoms with Crippen molar-refractivity contribution in [2.75, 3.05) is 12.4 Å². The van der Waals surface area contributed by atoms with Crippen molar-refractivity contribution in [1.82, 2.24) is 24.6 Å². The molecule has 0 atom stereocenters. The van der Waals surface area contributed by atoms with Crippen LogP contribution in [-0.2, 0) is 13.1 Å². The van der Waals surface area contributed by atoms with E-state index in [2.05, 4.69) is 20.4 Å². The Balaban J connectivity index is 1.66. The van der Waals surface area contributed by atoms with Gasteiger partial charge in [-0.1, -0.05) is 12.1 Å². The molecule has 7 nitrogen and oxygen atoms in total. The third kappa shape index (κ3) is 3.45. The van der Waals surface area contributed by atoms with Crippen LogP contribution in [0.1, 0.15) is 12.5 Å². The fourth-order valence-electron chi connectivity index (χ4n) is 2.26. The van der Waals surface area contributed by atoms with E-state index < -0.39 is 0 Å². The number of hydrogen-bond acceptors (Lipinski definition) is 4. The third-order valence-electron chi connectivity index (χ3n) is 3.51. The van der Waals surface area contributed by atoms with Crippen LogP contribution in [0.2, 0.25) is 0 Å². The number of carbonyl (C=O) groups is 1. The molecule has 0 radical (unpaired) electrons. The Morgan fingerprint density at radius 1 is 1.30 bits per heavy atom. The average molecular weight is 310 g/mol. The number of amides is 2. The smallest absolute Gasteiger partial charge is 0.323 e. The van der Waals surface area contributed by atoms with Crippen LogP contribution in [0.15, 0.2) is 42.9 Å². The highest BCUT2D eigenvalue weighted by Crippen LogP contribution is 2.14. The number of urea groups is 1. The molecule has 2 heterocycles. The Morgan fingerprint density at radius 3 is 2.96 bits per heavy atom. The van der Waals surface area contributed by atoms with Crippen molar-refractivity contribution >= 4 is 22.9 Å².